The number of hydrogen-bond acceptors (Lipinski definition) is 2. The number of allylic oxidation sites excluding steroid dienone is 2. The number of methoxy groups -OCH3 is 1. The van der Waals surface area contributed by atoms with Gasteiger partial charge in [-0.2, -0.15) is 0 Å². The molecule has 1 aromatic carbocycles. The highest BCUT2D eigenvalue weighted by Gasteiger charge is 2.38. The summed E-state index contributed by atoms with van der Waals surface area (Å²) in [7, 11) is 1.40. The smallest absolute Gasteiger partial charge is 0.380 e. The van der Waals surface area contributed by atoms with Crippen LogP contribution in [0.3, 0.4) is 0 Å². The minimum atomic E-state index is -0.517. The summed E-state index contributed by atoms with van der Waals surface area (Å²) < 4.78 is 6.98. The molecular weight excluding hydrogens is 306 g/mol. The number of esters is 1. The Bertz CT molecular complexity index is 730. The third kappa shape index (κ3) is 2.70. The van der Waals surface area contributed by atoms with Crippen LogP contribution in [0.15, 0.2) is 40.8 Å². The van der Waals surface area contributed by atoms with E-state index in [4.69, 9.17) is 16.3 Å². The number of carbonyl (C=O) groups excluding carboxylic acids is 1. The van der Waals surface area contributed by atoms with Crippen molar-refractivity contribution in [1.29, 1.82) is 0 Å². The van der Waals surface area contributed by atoms with E-state index in [9.17, 15) is 4.79 Å². The first kappa shape index (κ1) is 14.2. The lowest BCUT2D eigenvalue weighted by molar-refractivity contribution is -0.556. The van der Waals surface area contributed by atoms with Crippen LogP contribution >= 0.6 is 11.6 Å². The van der Waals surface area contributed by atoms with E-state index in [-0.39, 0.29) is 5.97 Å². The molecular formula is C16H14ClNO2S+2. The molecule has 0 aliphatic carbocycles. The Morgan fingerprint density at radius 2 is 2.29 bits per heavy atom. The summed E-state index contributed by atoms with van der Waals surface area (Å²) in [6.07, 6.45) is 4.85. The van der Waals surface area contributed by atoms with Crippen LogP contribution in [0, 0.1) is 0 Å². The molecule has 1 atom stereocenters. The summed E-state index contributed by atoms with van der Waals surface area (Å²) >= 11 is 7.89. The maximum Gasteiger partial charge on any atom is 0.380 e. The number of rotatable bonds is 3. The van der Waals surface area contributed by atoms with E-state index in [0.29, 0.717) is 5.02 Å². The highest BCUT2D eigenvalue weighted by atomic mass is 35.5. The van der Waals surface area contributed by atoms with Crippen molar-refractivity contribution < 1.29 is 14.1 Å². The first-order valence-electron chi connectivity index (χ1n) is 6.62. The van der Waals surface area contributed by atoms with Crippen molar-refractivity contribution >= 4 is 40.2 Å². The lowest BCUT2D eigenvalue weighted by Gasteiger charge is -2.16. The van der Waals surface area contributed by atoms with Gasteiger partial charge in [-0.05, 0) is 6.07 Å². The van der Waals surface area contributed by atoms with Gasteiger partial charge in [0.15, 0.2) is 17.8 Å². The molecule has 2 aliphatic rings. The number of nitrogens with zero attached hydrogens (tertiary/aromatic N) is 1. The highest BCUT2D eigenvalue weighted by Crippen LogP contribution is 2.28. The zero-order valence-electron chi connectivity index (χ0n) is 11.5. The van der Waals surface area contributed by atoms with Gasteiger partial charge in [0.25, 0.3) is 17.4 Å². The predicted octanol–water partition coefficient (Wildman–Crippen LogP) is 2.35. The second-order valence-corrected chi connectivity index (χ2v) is 6.15. The number of benzene rings is 1. The van der Waals surface area contributed by atoms with Gasteiger partial charge in [-0.1, -0.05) is 29.8 Å². The largest absolute Gasteiger partial charge is 0.464 e. The molecule has 0 unspecified atom stereocenters. The van der Waals surface area contributed by atoms with Gasteiger partial charge >= 0.3 is 5.97 Å². The average Bonchev–Trinajstić information content (AvgIpc) is 2.97. The van der Waals surface area contributed by atoms with Gasteiger partial charge in [0.05, 0.1) is 24.6 Å². The number of ether oxygens (including phenoxy) is 1. The molecule has 0 spiro atoms. The van der Waals surface area contributed by atoms with Crippen LogP contribution in [-0.2, 0) is 20.9 Å². The van der Waals surface area contributed by atoms with E-state index < -0.39 is 6.04 Å². The minimum absolute atomic E-state index is 0.304. The molecule has 0 fully saturated rings. The van der Waals surface area contributed by atoms with E-state index in [2.05, 4.69) is 5.02 Å². The Morgan fingerprint density at radius 1 is 1.48 bits per heavy atom. The van der Waals surface area contributed by atoms with Crippen molar-refractivity contribution in [3.05, 3.63) is 51.4 Å². The van der Waals surface area contributed by atoms with Crippen LogP contribution in [0.2, 0.25) is 5.02 Å². The third-order valence-electron chi connectivity index (χ3n) is 3.58. The summed E-state index contributed by atoms with van der Waals surface area (Å²) in [5.74, 6) is -0.304. The molecule has 2 heterocycles. The fraction of sp³-hybridized carbons (Fsp3) is 0.250. The van der Waals surface area contributed by atoms with Gasteiger partial charge in [0.2, 0.25) is 4.91 Å². The lowest BCUT2D eigenvalue weighted by atomic mass is 10.0. The van der Waals surface area contributed by atoms with Crippen LogP contribution in [0.25, 0.3) is 0 Å². The topological polar surface area (TPSA) is 29.3 Å². The lowest BCUT2D eigenvalue weighted by Crippen LogP contribution is -2.31. The molecule has 21 heavy (non-hydrogen) atoms. The van der Waals surface area contributed by atoms with Crippen LogP contribution in [0.4, 0.5) is 0 Å². The summed E-state index contributed by atoms with van der Waals surface area (Å²) in [5.41, 5.74) is 1.89. The van der Waals surface area contributed by atoms with Crippen molar-refractivity contribution in [2.75, 3.05) is 13.7 Å². The average molecular weight is 320 g/mol. The van der Waals surface area contributed by atoms with Gasteiger partial charge in [-0.3, -0.25) is 0 Å². The second kappa shape index (κ2) is 5.94. The van der Waals surface area contributed by atoms with E-state index in [1.807, 2.05) is 35.1 Å². The zero-order chi connectivity index (χ0) is 14.8. The number of halogens is 1. The molecule has 0 amide bonds. The number of carbonyl (C=O) groups is 1. The minimum Gasteiger partial charge on any atom is -0.464 e. The van der Waals surface area contributed by atoms with Crippen molar-refractivity contribution in [2.45, 2.75) is 12.5 Å². The van der Waals surface area contributed by atoms with Gasteiger partial charge < -0.3 is 4.74 Å². The summed E-state index contributed by atoms with van der Waals surface area (Å²) in [4.78, 5) is 13.6. The molecule has 0 saturated heterocycles. The van der Waals surface area contributed by atoms with E-state index in [0.717, 1.165) is 24.1 Å². The first-order valence-corrected chi connectivity index (χ1v) is 7.82. The third-order valence-corrected chi connectivity index (χ3v) is 4.84. The number of hydrogen-bond donors (Lipinski definition) is 0. The predicted molar refractivity (Wildman–Crippen MR) is 86.0 cm³/mol. The normalized spacial score (nSPS) is 17.5. The fourth-order valence-electron chi connectivity index (χ4n) is 2.54. The van der Waals surface area contributed by atoms with Gasteiger partial charge in [0, 0.05) is 5.56 Å². The molecule has 2 aliphatic heterocycles. The fourth-order valence-corrected chi connectivity index (χ4v) is 3.53. The maximum atomic E-state index is 12.3. The molecule has 0 radical (unpaired) electrons. The Balaban J connectivity index is 2.04. The van der Waals surface area contributed by atoms with Crippen molar-refractivity contribution in [3.63, 3.8) is 0 Å². The molecule has 5 heteroatoms. The van der Waals surface area contributed by atoms with E-state index in [1.54, 1.807) is 17.4 Å². The summed E-state index contributed by atoms with van der Waals surface area (Å²) in [6.45, 7) is 0.756. The summed E-state index contributed by atoms with van der Waals surface area (Å²) in [6, 6.07) is 6.88. The Kier molecular flexibility index (Phi) is 4.02. The first-order chi connectivity index (χ1) is 10.2. The Labute approximate surface area is 132 Å². The summed E-state index contributed by atoms with van der Waals surface area (Å²) in [5, 5.41) is 3.71. The molecule has 0 saturated carbocycles. The zero-order valence-corrected chi connectivity index (χ0v) is 13.1. The van der Waals surface area contributed by atoms with Crippen LogP contribution < -0.4 is 0 Å². The van der Waals surface area contributed by atoms with Crippen LogP contribution in [-0.4, -0.2) is 35.4 Å². The monoisotopic (exact) mass is 319 g/mol. The van der Waals surface area contributed by atoms with Gasteiger partial charge in [-0.15, -0.1) is 0 Å². The standard InChI is InChI=1S/C16H14ClNO2S/c1-20-16(19)15(12-4-2-3-5-13(12)17)18-8-6-14-11(10-18)7-9-21-14/h2-5,7,10,15H,6,8H2,1H3/q+2/t15-/m1/s1. The Morgan fingerprint density at radius 3 is 3.05 bits per heavy atom. The second-order valence-electron chi connectivity index (χ2n) is 4.81. The highest BCUT2D eigenvalue weighted by molar-refractivity contribution is 7.81. The molecule has 3 nitrogen and oxygen atoms in total. The van der Waals surface area contributed by atoms with E-state index >= 15 is 0 Å². The Hall–Kier alpha value is -1.74. The molecule has 0 aromatic heterocycles. The van der Waals surface area contributed by atoms with Gasteiger partial charge in [-0.25, -0.2) is 9.37 Å². The molecule has 0 bridgehead atoms. The quantitative estimate of drug-likeness (QED) is 0.370. The molecule has 0 N–H and O–H groups in total. The van der Waals surface area contributed by atoms with Crippen molar-refractivity contribution in [3.8, 4) is 0 Å². The van der Waals surface area contributed by atoms with Crippen molar-refractivity contribution in [1.82, 2.24) is 0 Å². The molecule has 106 valence electrons. The maximum absolute atomic E-state index is 12.3. The molecule has 3 rings (SSSR count). The van der Waals surface area contributed by atoms with Crippen LogP contribution in [0.1, 0.15) is 18.0 Å². The SMILES string of the molecule is COC(=O)[C@@H](c1ccccc1Cl)[N+]1=CC2=C(CC1)[S+]=C=C2. The van der Waals surface area contributed by atoms with Crippen molar-refractivity contribution in [2.24, 2.45) is 0 Å². The molecule has 1 aromatic rings. The van der Waals surface area contributed by atoms with Crippen LogP contribution in [0.5, 0.6) is 0 Å². The van der Waals surface area contributed by atoms with Gasteiger partial charge in [0.1, 0.15) is 5.57 Å². The van der Waals surface area contributed by atoms with E-state index in [1.165, 1.54) is 12.0 Å².